The number of aryl methyl sites for hydroxylation is 1. The molecule has 1 aliphatic carbocycles. The highest BCUT2D eigenvalue weighted by Gasteiger charge is 2.24. The maximum absolute atomic E-state index is 9.98. The van der Waals surface area contributed by atoms with Crippen molar-refractivity contribution >= 4 is 0 Å². The lowest BCUT2D eigenvalue weighted by Crippen LogP contribution is -2.07. The van der Waals surface area contributed by atoms with E-state index in [1.165, 1.54) is 12.8 Å². The third-order valence-electron chi connectivity index (χ3n) is 2.91. The minimum absolute atomic E-state index is 0.295. The highest BCUT2D eigenvalue weighted by molar-refractivity contribution is 5.09. The lowest BCUT2D eigenvalue weighted by atomic mass is 9.97. The number of aliphatic hydroxyl groups excluding tert-OH is 1. The Kier molecular flexibility index (Phi) is 2.36. The highest BCUT2D eigenvalue weighted by atomic mass is 16.3. The van der Waals surface area contributed by atoms with E-state index >= 15 is 0 Å². The van der Waals surface area contributed by atoms with Crippen molar-refractivity contribution in [2.75, 3.05) is 0 Å². The summed E-state index contributed by atoms with van der Waals surface area (Å²) in [6.45, 7) is 0. The molecule has 1 aromatic heterocycles. The predicted molar refractivity (Wildman–Crippen MR) is 50.1 cm³/mol. The zero-order valence-corrected chi connectivity index (χ0v) is 7.98. The summed E-state index contributed by atoms with van der Waals surface area (Å²) in [7, 11) is 1.88. The number of aliphatic hydroxyl groups is 1. The maximum Gasteiger partial charge on any atom is 0.0848 e. The summed E-state index contributed by atoms with van der Waals surface area (Å²) < 4.78 is 1.74. The Hall–Kier alpha value is -0.830. The molecule has 0 aromatic carbocycles. The maximum atomic E-state index is 9.98. The monoisotopic (exact) mass is 180 g/mol. The van der Waals surface area contributed by atoms with Gasteiger partial charge in [0.25, 0.3) is 0 Å². The molecule has 0 amide bonds. The molecule has 0 aliphatic heterocycles. The van der Waals surface area contributed by atoms with Crippen molar-refractivity contribution < 1.29 is 5.11 Å². The second-order valence-corrected chi connectivity index (χ2v) is 3.94. The van der Waals surface area contributed by atoms with Crippen molar-refractivity contribution in [3.63, 3.8) is 0 Å². The number of rotatable bonds is 2. The highest BCUT2D eigenvalue weighted by Crippen LogP contribution is 2.35. The van der Waals surface area contributed by atoms with Crippen LogP contribution in [-0.4, -0.2) is 14.9 Å². The molecule has 1 aliphatic rings. The van der Waals surface area contributed by atoms with Crippen molar-refractivity contribution in [2.45, 2.75) is 31.8 Å². The van der Waals surface area contributed by atoms with E-state index < -0.39 is 0 Å². The van der Waals surface area contributed by atoms with Crippen LogP contribution in [0.1, 0.15) is 37.4 Å². The van der Waals surface area contributed by atoms with Crippen LogP contribution in [0.2, 0.25) is 0 Å². The van der Waals surface area contributed by atoms with E-state index in [2.05, 4.69) is 5.10 Å². The van der Waals surface area contributed by atoms with E-state index in [0.29, 0.717) is 5.92 Å². The third kappa shape index (κ3) is 1.75. The second-order valence-electron chi connectivity index (χ2n) is 3.94. The van der Waals surface area contributed by atoms with Gasteiger partial charge in [-0.1, -0.05) is 12.8 Å². The van der Waals surface area contributed by atoms with Gasteiger partial charge in [0.2, 0.25) is 0 Å². The topological polar surface area (TPSA) is 38.0 Å². The number of hydrogen-bond acceptors (Lipinski definition) is 2. The van der Waals surface area contributed by atoms with Crippen LogP contribution in [0.3, 0.4) is 0 Å². The van der Waals surface area contributed by atoms with Gasteiger partial charge in [-0.05, 0) is 18.8 Å². The molecule has 0 radical (unpaired) electrons. The van der Waals surface area contributed by atoms with Gasteiger partial charge in [-0.3, -0.25) is 4.68 Å². The first kappa shape index (κ1) is 8.75. The Balaban J connectivity index is 2.07. The summed E-state index contributed by atoms with van der Waals surface area (Å²) >= 11 is 0. The lowest BCUT2D eigenvalue weighted by molar-refractivity contribution is 0.111. The number of hydrogen-bond donors (Lipinski definition) is 1. The van der Waals surface area contributed by atoms with Crippen molar-refractivity contribution in [1.82, 2.24) is 9.78 Å². The van der Waals surface area contributed by atoms with Crippen molar-refractivity contribution in [2.24, 2.45) is 13.0 Å². The number of aromatic nitrogens is 2. The number of nitrogens with zero attached hydrogens (tertiary/aromatic N) is 2. The van der Waals surface area contributed by atoms with Crippen LogP contribution in [-0.2, 0) is 7.05 Å². The van der Waals surface area contributed by atoms with Crippen LogP contribution in [0.25, 0.3) is 0 Å². The molecule has 1 saturated carbocycles. The van der Waals surface area contributed by atoms with Gasteiger partial charge in [0.15, 0.2) is 0 Å². The minimum Gasteiger partial charge on any atom is -0.388 e. The average Bonchev–Trinajstić information content (AvgIpc) is 2.72. The molecule has 0 bridgehead atoms. The smallest absolute Gasteiger partial charge is 0.0848 e. The Morgan fingerprint density at radius 2 is 2.23 bits per heavy atom. The summed E-state index contributed by atoms with van der Waals surface area (Å²) in [4.78, 5) is 0. The van der Waals surface area contributed by atoms with Crippen molar-refractivity contribution in [3.05, 3.63) is 18.0 Å². The van der Waals surface area contributed by atoms with Crippen LogP contribution < -0.4 is 0 Å². The van der Waals surface area contributed by atoms with Crippen LogP contribution in [0.5, 0.6) is 0 Å². The molecule has 3 heteroatoms. The molecule has 0 saturated heterocycles. The Bertz CT molecular complexity index is 276. The first-order chi connectivity index (χ1) is 6.27. The van der Waals surface area contributed by atoms with Crippen LogP contribution in [0, 0.1) is 5.92 Å². The largest absolute Gasteiger partial charge is 0.388 e. The first-order valence-electron chi connectivity index (χ1n) is 4.94. The fourth-order valence-corrected chi connectivity index (χ4v) is 2.14. The molecule has 1 aromatic rings. The molecule has 1 N–H and O–H groups in total. The van der Waals surface area contributed by atoms with E-state index in [9.17, 15) is 5.11 Å². The van der Waals surface area contributed by atoms with Gasteiger partial charge < -0.3 is 5.11 Å². The average molecular weight is 180 g/mol. The van der Waals surface area contributed by atoms with E-state index in [1.807, 2.05) is 13.2 Å². The Morgan fingerprint density at radius 1 is 1.54 bits per heavy atom. The molecule has 1 heterocycles. The van der Waals surface area contributed by atoms with Gasteiger partial charge in [0.1, 0.15) is 0 Å². The van der Waals surface area contributed by atoms with Gasteiger partial charge in [-0.25, -0.2) is 0 Å². The Labute approximate surface area is 78.4 Å². The zero-order valence-electron chi connectivity index (χ0n) is 7.98. The van der Waals surface area contributed by atoms with Crippen LogP contribution in [0.15, 0.2) is 12.4 Å². The van der Waals surface area contributed by atoms with Crippen molar-refractivity contribution in [3.8, 4) is 0 Å². The van der Waals surface area contributed by atoms with Crippen molar-refractivity contribution in [1.29, 1.82) is 0 Å². The van der Waals surface area contributed by atoms with Gasteiger partial charge in [0, 0.05) is 18.8 Å². The summed E-state index contributed by atoms with van der Waals surface area (Å²) in [6.07, 6.45) is 8.23. The standard InChI is InChI=1S/C10H16N2O/c1-12-7-9(6-11-12)10(13)8-4-2-3-5-8/h6-8,10,13H,2-5H2,1H3. The minimum atomic E-state index is -0.295. The van der Waals surface area contributed by atoms with E-state index in [0.717, 1.165) is 18.4 Å². The summed E-state index contributed by atoms with van der Waals surface area (Å²) in [5.74, 6) is 0.462. The zero-order chi connectivity index (χ0) is 9.26. The summed E-state index contributed by atoms with van der Waals surface area (Å²) in [5.41, 5.74) is 0.967. The SMILES string of the molecule is Cn1cc(C(O)C2CCCC2)cn1. The molecular formula is C10H16N2O. The molecule has 72 valence electrons. The van der Waals surface area contributed by atoms with Gasteiger partial charge in [0.05, 0.1) is 12.3 Å². The molecule has 13 heavy (non-hydrogen) atoms. The molecule has 0 spiro atoms. The van der Waals surface area contributed by atoms with Gasteiger partial charge in [-0.15, -0.1) is 0 Å². The normalized spacial score (nSPS) is 20.8. The molecule has 1 unspecified atom stereocenters. The lowest BCUT2D eigenvalue weighted by Gasteiger charge is -2.15. The fraction of sp³-hybridized carbons (Fsp3) is 0.700. The van der Waals surface area contributed by atoms with Crippen LogP contribution in [0.4, 0.5) is 0 Å². The summed E-state index contributed by atoms with van der Waals surface area (Å²) in [5, 5.41) is 14.0. The van der Waals surface area contributed by atoms with Gasteiger partial charge in [-0.2, -0.15) is 5.10 Å². The molecule has 2 rings (SSSR count). The van der Waals surface area contributed by atoms with E-state index in [1.54, 1.807) is 10.9 Å². The summed E-state index contributed by atoms with van der Waals surface area (Å²) in [6, 6.07) is 0. The molecular weight excluding hydrogens is 164 g/mol. The second kappa shape index (κ2) is 3.50. The molecule has 1 atom stereocenters. The quantitative estimate of drug-likeness (QED) is 0.751. The third-order valence-corrected chi connectivity index (χ3v) is 2.91. The van der Waals surface area contributed by atoms with E-state index in [-0.39, 0.29) is 6.10 Å². The van der Waals surface area contributed by atoms with Crippen LogP contribution >= 0.6 is 0 Å². The molecule has 1 fully saturated rings. The van der Waals surface area contributed by atoms with Gasteiger partial charge >= 0.3 is 0 Å². The predicted octanol–water partition coefficient (Wildman–Crippen LogP) is 1.64. The molecule has 3 nitrogen and oxygen atoms in total. The fourth-order valence-electron chi connectivity index (χ4n) is 2.14. The van der Waals surface area contributed by atoms with E-state index in [4.69, 9.17) is 0 Å². The first-order valence-corrected chi connectivity index (χ1v) is 4.94. The Morgan fingerprint density at radius 3 is 2.77 bits per heavy atom.